The summed E-state index contributed by atoms with van der Waals surface area (Å²) in [4.78, 5) is 17.3. The third kappa shape index (κ3) is 2.40. The van der Waals surface area contributed by atoms with Gasteiger partial charge in [0.05, 0.1) is 23.8 Å². The molecule has 2 saturated carbocycles. The lowest BCUT2D eigenvalue weighted by Crippen LogP contribution is -2.06. The molecule has 26 heavy (non-hydrogen) atoms. The van der Waals surface area contributed by atoms with Gasteiger partial charge in [0.25, 0.3) is 0 Å². The van der Waals surface area contributed by atoms with Gasteiger partial charge in [-0.15, -0.1) is 0 Å². The van der Waals surface area contributed by atoms with Crippen LogP contribution in [0.25, 0.3) is 16.7 Å². The molecule has 0 unspecified atom stereocenters. The van der Waals surface area contributed by atoms with Gasteiger partial charge in [0, 0.05) is 17.5 Å². The molecule has 3 aromatic rings. The number of methoxy groups -OCH3 is 1. The molecule has 2 fully saturated rings. The monoisotopic (exact) mass is 351 g/mol. The zero-order chi connectivity index (χ0) is 17.8. The molecular weight excluding hydrogens is 333 g/mol. The van der Waals surface area contributed by atoms with E-state index in [2.05, 4.69) is 5.10 Å². The molecule has 0 saturated heterocycles. The van der Waals surface area contributed by atoms with Crippen molar-refractivity contribution < 1.29 is 13.9 Å². The van der Waals surface area contributed by atoms with Crippen molar-refractivity contribution in [1.82, 2.24) is 14.8 Å². The standard InChI is InChI=1S/C20H18FN3O2/c1-26-20(25)13-10-15(11-6-7-11)22-19-17(13)18(12-8-9-12)23-24(19)16-5-3-2-4-14(16)21/h2-5,10-12H,6-9H2,1H3. The third-order valence-electron chi connectivity index (χ3n) is 5.13. The molecule has 0 radical (unpaired) electrons. The number of para-hydroxylation sites is 1. The van der Waals surface area contributed by atoms with Crippen LogP contribution in [0.15, 0.2) is 30.3 Å². The maximum atomic E-state index is 14.4. The first-order valence-electron chi connectivity index (χ1n) is 8.94. The van der Waals surface area contributed by atoms with E-state index >= 15 is 0 Å². The summed E-state index contributed by atoms with van der Waals surface area (Å²) in [6.07, 6.45) is 4.16. The van der Waals surface area contributed by atoms with E-state index in [4.69, 9.17) is 9.72 Å². The van der Waals surface area contributed by atoms with Crippen molar-refractivity contribution >= 4 is 17.0 Å². The van der Waals surface area contributed by atoms with E-state index in [-0.39, 0.29) is 5.82 Å². The number of pyridine rings is 1. The predicted molar refractivity (Wildman–Crippen MR) is 94.1 cm³/mol. The summed E-state index contributed by atoms with van der Waals surface area (Å²) in [5.74, 6) is -0.106. The highest BCUT2D eigenvalue weighted by Gasteiger charge is 2.34. The van der Waals surface area contributed by atoms with Gasteiger partial charge in [0.15, 0.2) is 5.65 Å². The molecule has 0 N–H and O–H groups in total. The molecule has 5 rings (SSSR count). The Hall–Kier alpha value is -2.76. The summed E-state index contributed by atoms with van der Waals surface area (Å²) in [6.45, 7) is 0. The van der Waals surface area contributed by atoms with Gasteiger partial charge in [-0.05, 0) is 43.9 Å². The van der Waals surface area contributed by atoms with Gasteiger partial charge < -0.3 is 4.74 Å². The van der Waals surface area contributed by atoms with Crippen LogP contribution in [-0.4, -0.2) is 27.8 Å². The topological polar surface area (TPSA) is 57.0 Å². The summed E-state index contributed by atoms with van der Waals surface area (Å²) in [7, 11) is 1.38. The van der Waals surface area contributed by atoms with Crippen LogP contribution in [0.5, 0.6) is 0 Å². The van der Waals surface area contributed by atoms with Crippen molar-refractivity contribution in [2.75, 3.05) is 7.11 Å². The summed E-state index contributed by atoms with van der Waals surface area (Å²) in [5, 5.41) is 5.39. The highest BCUT2D eigenvalue weighted by Crippen LogP contribution is 2.45. The van der Waals surface area contributed by atoms with Gasteiger partial charge in [-0.25, -0.2) is 18.9 Å². The molecule has 0 aliphatic heterocycles. The molecular formula is C20H18FN3O2. The Bertz CT molecular complexity index is 1030. The fourth-order valence-electron chi connectivity index (χ4n) is 3.46. The fourth-order valence-corrected chi connectivity index (χ4v) is 3.46. The van der Waals surface area contributed by atoms with Gasteiger partial charge in [-0.2, -0.15) is 5.10 Å². The molecule has 0 spiro atoms. The Morgan fingerprint density at radius 1 is 1.19 bits per heavy atom. The number of benzene rings is 1. The Labute approximate surface area is 149 Å². The minimum Gasteiger partial charge on any atom is -0.465 e. The van der Waals surface area contributed by atoms with Crippen molar-refractivity contribution in [2.45, 2.75) is 37.5 Å². The molecule has 0 atom stereocenters. The lowest BCUT2D eigenvalue weighted by molar-refractivity contribution is 0.0602. The van der Waals surface area contributed by atoms with Gasteiger partial charge in [0.1, 0.15) is 11.5 Å². The third-order valence-corrected chi connectivity index (χ3v) is 5.13. The Morgan fingerprint density at radius 2 is 1.92 bits per heavy atom. The Balaban J connectivity index is 1.84. The Morgan fingerprint density at radius 3 is 2.58 bits per heavy atom. The minimum atomic E-state index is -0.394. The van der Waals surface area contributed by atoms with Crippen molar-refractivity contribution in [2.24, 2.45) is 0 Å². The largest absolute Gasteiger partial charge is 0.465 e. The number of esters is 1. The van der Waals surface area contributed by atoms with Crippen molar-refractivity contribution in [1.29, 1.82) is 0 Å². The number of ether oxygens (including phenoxy) is 1. The molecule has 6 heteroatoms. The molecule has 0 bridgehead atoms. The number of carbonyl (C=O) groups excluding carboxylic acids is 1. The molecule has 132 valence electrons. The van der Waals surface area contributed by atoms with Crippen LogP contribution < -0.4 is 0 Å². The second kappa shape index (κ2) is 5.62. The molecule has 2 aliphatic rings. The number of nitrogens with zero attached hydrogens (tertiary/aromatic N) is 3. The van der Waals surface area contributed by atoms with Crippen LogP contribution in [0.1, 0.15) is 59.3 Å². The minimum absolute atomic E-state index is 0.294. The number of rotatable bonds is 4. The van der Waals surface area contributed by atoms with Gasteiger partial charge >= 0.3 is 5.97 Å². The SMILES string of the molecule is COC(=O)c1cc(C2CC2)nc2c1c(C1CC1)nn2-c1ccccc1F. The Kier molecular flexibility index (Phi) is 3.35. The van der Waals surface area contributed by atoms with Gasteiger partial charge in [0.2, 0.25) is 0 Å². The quantitative estimate of drug-likeness (QED) is 0.664. The zero-order valence-corrected chi connectivity index (χ0v) is 14.4. The van der Waals surface area contributed by atoms with Gasteiger partial charge in [-0.1, -0.05) is 12.1 Å². The predicted octanol–water partition coefficient (Wildman–Crippen LogP) is 4.10. The van der Waals surface area contributed by atoms with E-state index in [1.165, 1.54) is 13.2 Å². The number of halogens is 1. The zero-order valence-electron chi connectivity index (χ0n) is 14.4. The number of fused-ring (bicyclic) bond motifs is 1. The first kappa shape index (κ1) is 15.5. The summed E-state index contributed by atoms with van der Waals surface area (Å²) in [5.41, 5.74) is 3.06. The average Bonchev–Trinajstić information content (AvgIpc) is 3.57. The molecule has 2 heterocycles. The lowest BCUT2D eigenvalue weighted by atomic mass is 10.1. The van der Waals surface area contributed by atoms with Crippen LogP contribution in [0.4, 0.5) is 4.39 Å². The first-order chi connectivity index (χ1) is 12.7. The number of aromatic nitrogens is 3. The second-order valence-electron chi connectivity index (χ2n) is 7.08. The summed E-state index contributed by atoms with van der Waals surface area (Å²) < 4.78 is 21.0. The first-order valence-corrected chi connectivity index (χ1v) is 8.94. The van der Waals surface area contributed by atoms with E-state index in [1.807, 2.05) is 6.07 Å². The van der Waals surface area contributed by atoms with E-state index in [1.54, 1.807) is 22.9 Å². The molecule has 2 aliphatic carbocycles. The highest BCUT2D eigenvalue weighted by molar-refractivity contribution is 6.04. The fraction of sp³-hybridized carbons (Fsp3) is 0.350. The highest BCUT2D eigenvalue weighted by atomic mass is 19.1. The summed E-state index contributed by atoms with van der Waals surface area (Å²) in [6, 6.07) is 8.35. The number of hydrogen-bond acceptors (Lipinski definition) is 4. The van der Waals surface area contributed by atoms with Crippen LogP contribution in [0, 0.1) is 5.82 Å². The van der Waals surface area contributed by atoms with Crippen LogP contribution in [0.2, 0.25) is 0 Å². The maximum absolute atomic E-state index is 14.4. The molecule has 2 aromatic heterocycles. The van der Waals surface area contributed by atoms with Crippen molar-refractivity contribution in [3.05, 3.63) is 53.1 Å². The molecule has 5 nitrogen and oxygen atoms in total. The van der Waals surface area contributed by atoms with E-state index in [9.17, 15) is 9.18 Å². The second-order valence-corrected chi connectivity index (χ2v) is 7.08. The van der Waals surface area contributed by atoms with Crippen LogP contribution in [0.3, 0.4) is 0 Å². The lowest BCUT2D eigenvalue weighted by Gasteiger charge is -2.08. The van der Waals surface area contributed by atoms with Crippen molar-refractivity contribution in [3.8, 4) is 5.69 Å². The van der Waals surface area contributed by atoms with E-state index in [0.29, 0.717) is 34.1 Å². The maximum Gasteiger partial charge on any atom is 0.338 e. The van der Waals surface area contributed by atoms with Crippen LogP contribution >= 0.6 is 0 Å². The van der Waals surface area contributed by atoms with Gasteiger partial charge in [-0.3, -0.25) is 0 Å². The summed E-state index contributed by atoms with van der Waals surface area (Å²) >= 11 is 0. The molecule has 1 aromatic carbocycles. The smallest absolute Gasteiger partial charge is 0.338 e. The van der Waals surface area contributed by atoms with Crippen LogP contribution in [-0.2, 0) is 4.74 Å². The van der Waals surface area contributed by atoms with Crippen molar-refractivity contribution in [3.63, 3.8) is 0 Å². The average molecular weight is 351 g/mol. The number of carbonyl (C=O) groups is 1. The molecule has 0 amide bonds. The number of hydrogen-bond donors (Lipinski definition) is 0. The normalized spacial score (nSPS) is 16.8. The van der Waals surface area contributed by atoms with E-state index in [0.717, 1.165) is 37.1 Å². The van der Waals surface area contributed by atoms with E-state index < -0.39 is 5.97 Å².